The molecule has 1 aromatic heterocycles. The van der Waals surface area contributed by atoms with Crippen LogP contribution in [0.3, 0.4) is 0 Å². The van der Waals surface area contributed by atoms with Gasteiger partial charge in [-0.05, 0) is 19.4 Å². The maximum atomic E-state index is 12.2. The van der Waals surface area contributed by atoms with Crippen LogP contribution in [0.15, 0.2) is 22.2 Å². The lowest BCUT2D eigenvalue weighted by atomic mass is 9.92. The Morgan fingerprint density at radius 1 is 1.57 bits per heavy atom. The van der Waals surface area contributed by atoms with E-state index in [0.717, 1.165) is 18.7 Å². The predicted molar refractivity (Wildman–Crippen MR) is 85.2 cm³/mol. The molecule has 4 atom stereocenters. The lowest BCUT2D eigenvalue weighted by molar-refractivity contribution is -0.156. The third-order valence-corrected chi connectivity index (χ3v) is 7.30. The molecule has 2 N–H and O–H groups in total. The molecule has 0 aromatic carbocycles. The van der Waals surface area contributed by atoms with Crippen molar-refractivity contribution in [2.45, 2.75) is 36.6 Å². The van der Waals surface area contributed by atoms with Gasteiger partial charge in [-0.15, -0.1) is 11.8 Å². The summed E-state index contributed by atoms with van der Waals surface area (Å²) >= 11 is 2.87. The van der Waals surface area contributed by atoms with E-state index in [1.165, 1.54) is 28.4 Å². The smallest absolute Gasteiger partial charge is 0.354 e. The van der Waals surface area contributed by atoms with Gasteiger partial charge < -0.3 is 10.2 Å². The summed E-state index contributed by atoms with van der Waals surface area (Å²) in [7, 11) is 0. The van der Waals surface area contributed by atoms with Gasteiger partial charge in [0, 0.05) is 12.7 Å². The second-order valence-electron chi connectivity index (χ2n) is 5.80. The van der Waals surface area contributed by atoms with E-state index in [0.29, 0.717) is 4.24 Å². The van der Waals surface area contributed by atoms with Gasteiger partial charge in [0.25, 0.3) is 0 Å². The third kappa shape index (κ3) is 2.14. The minimum atomic E-state index is -1.09. The van der Waals surface area contributed by atoms with E-state index in [2.05, 4.69) is 5.10 Å². The molecule has 0 spiro atoms. The lowest BCUT2D eigenvalue weighted by Gasteiger charge is -2.43. The van der Waals surface area contributed by atoms with Gasteiger partial charge in [-0.2, -0.15) is 5.10 Å². The van der Waals surface area contributed by atoms with Crippen molar-refractivity contribution in [3.63, 3.8) is 0 Å². The molecule has 122 valence electrons. The van der Waals surface area contributed by atoms with Gasteiger partial charge in [-0.3, -0.25) is 14.4 Å². The van der Waals surface area contributed by atoms with Crippen molar-refractivity contribution in [2.24, 2.45) is 5.92 Å². The number of aliphatic carboxylic acids is 1. The maximum Gasteiger partial charge on any atom is 0.354 e. The SMILES string of the molecule is CC(O)[C@H]1C(=O)N2C(C(=O)O)=C(SC3CCn4nccc43)S[C@H]12. The van der Waals surface area contributed by atoms with E-state index in [-0.39, 0.29) is 22.2 Å². The molecule has 0 saturated carbocycles. The number of β-lactam (4-membered cyclic amide) rings is 1. The van der Waals surface area contributed by atoms with Crippen LogP contribution in [0.1, 0.15) is 24.3 Å². The molecular weight excluding hydrogens is 338 g/mol. The molecule has 4 heterocycles. The number of carboxylic acids is 1. The molecule has 23 heavy (non-hydrogen) atoms. The molecule has 3 aliphatic rings. The molecule has 4 rings (SSSR count). The quantitative estimate of drug-likeness (QED) is 0.786. The number of nitrogens with zero attached hydrogens (tertiary/aromatic N) is 3. The molecule has 1 fully saturated rings. The standard InChI is InChI=1S/C14H15N3O4S2/c1-6(18)9-11(19)17-10(13(20)21)14(23-12(9)17)22-8-3-5-16-7(8)2-4-15-16/h2,4,6,8-9,12,18H,3,5H2,1H3,(H,20,21)/t6?,8?,9-,12+/m0/s1. The molecule has 3 aliphatic heterocycles. The lowest BCUT2D eigenvalue weighted by Crippen LogP contribution is -2.60. The minimum Gasteiger partial charge on any atom is -0.477 e. The highest BCUT2D eigenvalue weighted by molar-refractivity contribution is 8.22. The van der Waals surface area contributed by atoms with E-state index >= 15 is 0 Å². The molecule has 0 radical (unpaired) electrons. The number of carboxylic acid groups (broad SMARTS) is 1. The van der Waals surface area contributed by atoms with Crippen LogP contribution in [-0.4, -0.2) is 48.2 Å². The number of carbonyl (C=O) groups is 2. The molecule has 1 saturated heterocycles. The van der Waals surface area contributed by atoms with E-state index in [4.69, 9.17) is 0 Å². The van der Waals surface area contributed by atoms with E-state index in [9.17, 15) is 19.8 Å². The van der Waals surface area contributed by atoms with Gasteiger partial charge in [0.2, 0.25) is 5.91 Å². The van der Waals surface area contributed by atoms with Crippen LogP contribution < -0.4 is 0 Å². The molecule has 0 bridgehead atoms. The highest BCUT2D eigenvalue weighted by Crippen LogP contribution is 2.57. The fourth-order valence-corrected chi connectivity index (χ4v) is 6.56. The monoisotopic (exact) mass is 353 g/mol. The molecule has 9 heteroatoms. The Kier molecular flexibility index (Phi) is 3.47. The number of aliphatic hydroxyl groups excluding tert-OH is 1. The molecule has 0 aliphatic carbocycles. The first-order chi connectivity index (χ1) is 11.0. The van der Waals surface area contributed by atoms with Gasteiger partial charge >= 0.3 is 5.97 Å². The minimum absolute atomic E-state index is 0.0601. The first kappa shape index (κ1) is 15.1. The van der Waals surface area contributed by atoms with Crippen molar-refractivity contribution >= 4 is 35.4 Å². The van der Waals surface area contributed by atoms with Gasteiger partial charge in [0.1, 0.15) is 5.37 Å². The largest absolute Gasteiger partial charge is 0.477 e. The van der Waals surface area contributed by atoms with Crippen LogP contribution in [0.4, 0.5) is 0 Å². The van der Waals surface area contributed by atoms with Crippen LogP contribution in [0, 0.1) is 5.92 Å². The number of carbonyl (C=O) groups excluding carboxylic acids is 1. The van der Waals surface area contributed by atoms with Crippen molar-refractivity contribution in [3.8, 4) is 0 Å². The Hall–Kier alpha value is -1.45. The molecule has 2 unspecified atom stereocenters. The van der Waals surface area contributed by atoms with E-state index < -0.39 is 18.0 Å². The summed E-state index contributed by atoms with van der Waals surface area (Å²) in [5.74, 6) is -1.92. The highest BCUT2D eigenvalue weighted by Gasteiger charge is 2.58. The first-order valence-corrected chi connectivity index (χ1v) is 9.08. The number of aromatic nitrogens is 2. The fourth-order valence-electron chi connectivity index (χ4n) is 3.27. The molecule has 1 amide bonds. The molecule has 7 nitrogen and oxygen atoms in total. The van der Waals surface area contributed by atoms with Crippen LogP contribution in [0.25, 0.3) is 0 Å². The molecule has 1 aromatic rings. The number of amides is 1. The first-order valence-electron chi connectivity index (χ1n) is 7.32. The second-order valence-corrected chi connectivity index (χ2v) is 8.40. The van der Waals surface area contributed by atoms with Crippen molar-refractivity contribution < 1.29 is 19.8 Å². The highest BCUT2D eigenvalue weighted by atomic mass is 32.2. The Morgan fingerprint density at radius 2 is 2.35 bits per heavy atom. The zero-order valence-corrected chi connectivity index (χ0v) is 13.9. The van der Waals surface area contributed by atoms with Crippen molar-refractivity contribution in [3.05, 3.63) is 27.9 Å². The summed E-state index contributed by atoms with van der Waals surface area (Å²) < 4.78 is 2.58. The number of thioether (sulfide) groups is 2. The summed E-state index contributed by atoms with van der Waals surface area (Å²) in [5, 5.41) is 23.3. The van der Waals surface area contributed by atoms with Crippen molar-refractivity contribution in [1.82, 2.24) is 14.7 Å². The fraction of sp³-hybridized carbons (Fsp3) is 0.500. The number of aryl methyl sites for hydroxylation is 1. The summed E-state index contributed by atoms with van der Waals surface area (Å²) in [6.07, 6.45) is 1.86. The Morgan fingerprint density at radius 3 is 3.04 bits per heavy atom. The predicted octanol–water partition coefficient (Wildman–Crippen LogP) is 1.23. The summed E-state index contributed by atoms with van der Waals surface area (Å²) in [5.41, 5.74) is 1.14. The zero-order chi connectivity index (χ0) is 16.3. The summed E-state index contributed by atoms with van der Waals surface area (Å²) in [6, 6.07) is 1.95. The van der Waals surface area contributed by atoms with Crippen LogP contribution in [0.2, 0.25) is 0 Å². The Balaban J connectivity index is 1.61. The van der Waals surface area contributed by atoms with Gasteiger partial charge in [0.15, 0.2) is 5.70 Å². The van der Waals surface area contributed by atoms with Crippen LogP contribution >= 0.6 is 23.5 Å². The third-order valence-electron chi connectivity index (χ3n) is 4.40. The van der Waals surface area contributed by atoms with E-state index in [1.54, 1.807) is 13.1 Å². The van der Waals surface area contributed by atoms with Gasteiger partial charge in [-0.1, -0.05) is 11.8 Å². The van der Waals surface area contributed by atoms with Crippen molar-refractivity contribution in [1.29, 1.82) is 0 Å². The topological polar surface area (TPSA) is 95.7 Å². The van der Waals surface area contributed by atoms with Crippen LogP contribution in [-0.2, 0) is 16.1 Å². The average molecular weight is 353 g/mol. The van der Waals surface area contributed by atoms with E-state index in [1.807, 2.05) is 10.7 Å². The number of aliphatic hydroxyl groups is 1. The average Bonchev–Trinajstić information content (AvgIpc) is 3.13. The zero-order valence-electron chi connectivity index (χ0n) is 12.2. The second kappa shape index (κ2) is 5.29. The number of rotatable bonds is 4. The van der Waals surface area contributed by atoms with Gasteiger partial charge in [0.05, 0.1) is 27.2 Å². The Labute approximate surface area is 140 Å². The van der Waals surface area contributed by atoms with Crippen molar-refractivity contribution in [2.75, 3.05) is 0 Å². The number of fused-ring (bicyclic) bond motifs is 2. The Bertz CT molecular complexity index is 729. The van der Waals surface area contributed by atoms with Crippen LogP contribution in [0.5, 0.6) is 0 Å². The molecular formula is C14H15N3O4S2. The summed E-state index contributed by atoms with van der Waals surface area (Å²) in [4.78, 5) is 25.1. The van der Waals surface area contributed by atoms with Gasteiger partial charge in [-0.25, -0.2) is 4.79 Å². The maximum absolute atomic E-state index is 12.2. The number of hydrogen-bond donors (Lipinski definition) is 2. The summed E-state index contributed by atoms with van der Waals surface area (Å²) in [6.45, 7) is 2.39. The normalized spacial score (nSPS) is 30.3. The number of hydrogen-bond acceptors (Lipinski definition) is 6.